The van der Waals surface area contributed by atoms with E-state index in [-0.39, 0.29) is 5.91 Å². The lowest BCUT2D eigenvalue weighted by Crippen LogP contribution is -2.24. The van der Waals surface area contributed by atoms with Crippen LogP contribution < -0.4 is 5.32 Å². The molecule has 1 aliphatic rings. The van der Waals surface area contributed by atoms with E-state index in [1.54, 1.807) is 11.3 Å². The predicted molar refractivity (Wildman–Crippen MR) is 81.0 cm³/mol. The standard InChI is InChI=1S/C15H24N2O2S/c1-12-14(20-11-17-12)7-8-15(18)16-9-3-2-5-13-6-4-10-19-13/h11,13H,2-10H2,1H3,(H,16,18). The van der Waals surface area contributed by atoms with Crippen molar-refractivity contribution < 1.29 is 9.53 Å². The molecule has 1 aliphatic heterocycles. The minimum absolute atomic E-state index is 0.148. The summed E-state index contributed by atoms with van der Waals surface area (Å²) < 4.78 is 5.58. The van der Waals surface area contributed by atoms with Crippen molar-refractivity contribution in [2.45, 2.75) is 58.0 Å². The second-order valence-electron chi connectivity index (χ2n) is 5.34. The molecular formula is C15H24N2O2S. The van der Waals surface area contributed by atoms with Gasteiger partial charge in [0.15, 0.2) is 0 Å². The van der Waals surface area contributed by atoms with E-state index in [2.05, 4.69) is 10.3 Å². The number of thiazole rings is 1. The summed E-state index contributed by atoms with van der Waals surface area (Å²) in [5.74, 6) is 0.148. The van der Waals surface area contributed by atoms with Gasteiger partial charge in [0, 0.05) is 24.4 Å². The number of rotatable bonds is 8. The molecule has 0 spiro atoms. The average Bonchev–Trinajstić information content (AvgIpc) is 3.08. The van der Waals surface area contributed by atoms with E-state index < -0.39 is 0 Å². The van der Waals surface area contributed by atoms with Crippen molar-refractivity contribution in [2.75, 3.05) is 13.2 Å². The summed E-state index contributed by atoms with van der Waals surface area (Å²) in [5, 5.41) is 2.99. The summed E-state index contributed by atoms with van der Waals surface area (Å²) in [6, 6.07) is 0. The third-order valence-electron chi connectivity index (χ3n) is 3.72. The van der Waals surface area contributed by atoms with Crippen LogP contribution in [0.4, 0.5) is 0 Å². The fraction of sp³-hybridized carbons (Fsp3) is 0.733. The molecule has 0 bridgehead atoms. The zero-order valence-electron chi connectivity index (χ0n) is 12.2. The fourth-order valence-electron chi connectivity index (χ4n) is 2.48. The molecule has 5 heteroatoms. The van der Waals surface area contributed by atoms with Gasteiger partial charge in [0.1, 0.15) is 0 Å². The first kappa shape index (κ1) is 15.4. The largest absolute Gasteiger partial charge is 0.378 e. The van der Waals surface area contributed by atoms with Crippen molar-refractivity contribution in [3.8, 4) is 0 Å². The number of aryl methyl sites for hydroxylation is 2. The van der Waals surface area contributed by atoms with Crippen molar-refractivity contribution in [2.24, 2.45) is 0 Å². The minimum Gasteiger partial charge on any atom is -0.378 e. The van der Waals surface area contributed by atoms with Crippen LogP contribution in [-0.2, 0) is 16.0 Å². The number of nitrogens with zero attached hydrogens (tertiary/aromatic N) is 1. The molecule has 2 heterocycles. The van der Waals surface area contributed by atoms with Gasteiger partial charge >= 0.3 is 0 Å². The first-order valence-electron chi connectivity index (χ1n) is 7.53. The Morgan fingerprint density at radius 3 is 3.15 bits per heavy atom. The molecule has 0 radical (unpaired) electrons. The number of amides is 1. The first-order valence-corrected chi connectivity index (χ1v) is 8.41. The van der Waals surface area contributed by atoms with E-state index in [9.17, 15) is 4.79 Å². The highest BCUT2D eigenvalue weighted by Crippen LogP contribution is 2.17. The third-order valence-corrected chi connectivity index (χ3v) is 4.72. The average molecular weight is 296 g/mol. The second-order valence-corrected chi connectivity index (χ2v) is 6.28. The van der Waals surface area contributed by atoms with Crippen LogP contribution >= 0.6 is 11.3 Å². The van der Waals surface area contributed by atoms with Crippen LogP contribution in [0.15, 0.2) is 5.51 Å². The minimum atomic E-state index is 0.148. The zero-order chi connectivity index (χ0) is 14.2. The molecule has 1 fully saturated rings. The van der Waals surface area contributed by atoms with Crippen LogP contribution in [-0.4, -0.2) is 30.1 Å². The van der Waals surface area contributed by atoms with Gasteiger partial charge in [-0.25, -0.2) is 4.98 Å². The summed E-state index contributed by atoms with van der Waals surface area (Å²) in [7, 11) is 0. The molecule has 4 nitrogen and oxygen atoms in total. The van der Waals surface area contributed by atoms with Gasteiger partial charge in [-0.3, -0.25) is 4.79 Å². The lowest BCUT2D eigenvalue weighted by molar-refractivity contribution is -0.121. The number of nitrogens with one attached hydrogen (secondary N) is 1. The van der Waals surface area contributed by atoms with Crippen LogP contribution in [0, 0.1) is 6.92 Å². The first-order chi connectivity index (χ1) is 9.75. The number of ether oxygens (including phenoxy) is 1. The van der Waals surface area contributed by atoms with Crippen molar-refractivity contribution in [1.82, 2.24) is 10.3 Å². The Morgan fingerprint density at radius 2 is 2.45 bits per heavy atom. The number of aromatic nitrogens is 1. The monoisotopic (exact) mass is 296 g/mol. The SMILES string of the molecule is Cc1ncsc1CCC(=O)NCCCCC1CCCO1. The van der Waals surface area contributed by atoms with Gasteiger partial charge < -0.3 is 10.1 Å². The maximum absolute atomic E-state index is 11.7. The van der Waals surface area contributed by atoms with Gasteiger partial charge in [-0.05, 0) is 45.4 Å². The fourth-order valence-corrected chi connectivity index (χ4v) is 3.26. The molecule has 1 unspecified atom stereocenters. The summed E-state index contributed by atoms with van der Waals surface area (Å²) in [6.45, 7) is 3.71. The van der Waals surface area contributed by atoms with Crippen LogP contribution in [0.5, 0.6) is 0 Å². The van der Waals surface area contributed by atoms with E-state index >= 15 is 0 Å². The number of hydrogen-bond donors (Lipinski definition) is 1. The molecule has 2 rings (SSSR count). The van der Waals surface area contributed by atoms with Gasteiger partial charge in [-0.2, -0.15) is 0 Å². The Hall–Kier alpha value is -0.940. The van der Waals surface area contributed by atoms with Crippen molar-refractivity contribution >= 4 is 17.2 Å². The molecule has 1 N–H and O–H groups in total. The van der Waals surface area contributed by atoms with Gasteiger partial charge in [0.05, 0.1) is 17.3 Å². The summed E-state index contributed by atoms with van der Waals surface area (Å²) >= 11 is 1.63. The number of hydrogen-bond acceptors (Lipinski definition) is 4. The maximum Gasteiger partial charge on any atom is 0.220 e. The molecule has 1 aromatic rings. The van der Waals surface area contributed by atoms with E-state index in [1.807, 2.05) is 12.4 Å². The summed E-state index contributed by atoms with van der Waals surface area (Å²) in [4.78, 5) is 17.1. The summed E-state index contributed by atoms with van der Waals surface area (Å²) in [6.07, 6.45) is 7.58. The van der Waals surface area contributed by atoms with Crippen LogP contribution in [0.25, 0.3) is 0 Å². The molecule has 1 saturated heterocycles. The van der Waals surface area contributed by atoms with Crippen molar-refractivity contribution in [3.63, 3.8) is 0 Å². The molecule has 1 amide bonds. The Kier molecular flexibility index (Phi) is 6.47. The van der Waals surface area contributed by atoms with E-state index in [1.165, 1.54) is 17.7 Å². The number of carbonyl (C=O) groups excluding carboxylic acids is 1. The highest BCUT2D eigenvalue weighted by molar-refractivity contribution is 7.09. The summed E-state index contributed by atoms with van der Waals surface area (Å²) in [5.41, 5.74) is 2.90. The van der Waals surface area contributed by atoms with Gasteiger partial charge in [-0.15, -0.1) is 11.3 Å². The highest BCUT2D eigenvalue weighted by atomic mass is 32.1. The zero-order valence-corrected chi connectivity index (χ0v) is 13.0. The Bertz CT molecular complexity index is 414. The highest BCUT2D eigenvalue weighted by Gasteiger charge is 2.14. The maximum atomic E-state index is 11.7. The van der Waals surface area contributed by atoms with Crippen LogP contribution in [0.2, 0.25) is 0 Å². The normalized spacial score (nSPS) is 18.4. The van der Waals surface area contributed by atoms with Crippen LogP contribution in [0.1, 0.15) is 49.1 Å². The topological polar surface area (TPSA) is 51.2 Å². The molecule has 0 aromatic carbocycles. The lowest BCUT2D eigenvalue weighted by atomic mass is 10.1. The Labute approximate surface area is 124 Å². The van der Waals surface area contributed by atoms with E-state index in [4.69, 9.17) is 4.74 Å². The third kappa shape index (κ3) is 5.21. The number of carbonyl (C=O) groups is 1. The molecule has 1 aromatic heterocycles. The van der Waals surface area contributed by atoms with E-state index in [0.29, 0.717) is 12.5 Å². The second kappa shape index (κ2) is 8.37. The smallest absolute Gasteiger partial charge is 0.220 e. The van der Waals surface area contributed by atoms with E-state index in [0.717, 1.165) is 44.5 Å². The quantitative estimate of drug-likeness (QED) is 0.751. The lowest BCUT2D eigenvalue weighted by Gasteiger charge is -2.09. The van der Waals surface area contributed by atoms with Gasteiger partial charge in [0.25, 0.3) is 0 Å². The Morgan fingerprint density at radius 1 is 1.55 bits per heavy atom. The number of unbranched alkanes of at least 4 members (excludes halogenated alkanes) is 1. The molecule has 112 valence electrons. The van der Waals surface area contributed by atoms with Gasteiger partial charge in [-0.1, -0.05) is 0 Å². The molecule has 1 atom stereocenters. The van der Waals surface area contributed by atoms with Crippen molar-refractivity contribution in [1.29, 1.82) is 0 Å². The molecular weight excluding hydrogens is 272 g/mol. The molecule has 0 aliphatic carbocycles. The van der Waals surface area contributed by atoms with Crippen molar-refractivity contribution in [3.05, 3.63) is 16.1 Å². The van der Waals surface area contributed by atoms with Crippen LogP contribution in [0.3, 0.4) is 0 Å². The van der Waals surface area contributed by atoms with Gasteiger partial charge in [0.2, 0.25) is 5.91 Å². The molecule has 20 heavy (non-hydrogen) atoms. The Balaban J connectivity index is 1.48. The predicted octanol–water partition coefficient (Wildman–Crippen LogP) is 2.85. The molecule has 0 saturated carbocycles.